The second kappa shape index (κ2) is 15.5. The van der Waals surface area contributed by atoms with Crippen LogP contribution >= 0.6 is 11.3 Å². The molecule has 0 unspecified atom stereocenters. The monoisotopic (exact) mass is 608 g/mol. The number of aliphatic hydroxyl groups is 1. The van der Waals surface area contributed by atoms with E-state index < -0.39 is 18.2 Å². The van der Waals surface area contributed by atoms with Gasteiger partial charge < -0.3 is 34.7 Å². The highest BCUT2D eigenvalue weighted by Gasteiger charge is 2.28. The van der Waals surface area contributed by atoms with E-state index in [1.165, 1.54) is 11.3 Å². The molecule has 2 heterocycles. The number of thiazole rings is 1. The number of likely N-dealkylation sites (N-methyl/N-ethyl adjacent to an activating group) is 1. The lowest BCUT2D eigenvalue weighted by Crippen LogP contribution is -2.51. The summed E-state index contributed by atoms with van der Waals surface area (Å²) in [6, 6.07) is 14.4. The van der Waals surface area contributed by atoms with Crippen LogP contribution in [0, 0.1) is 5.92 Å². The highest BCUT2D eigenvalue weighted by Crippen LogP contribution is 2.22. The Balaban J connectivity index is 1.48. The zero-order valence-corrected chi connectivity index (χ0v) is 25.8. The molecule has 0 aliphatic rings. The fourth-order valence-electron chi connectivity index (χ4n) is 4.53. The molecule has 230 valence electrons. The number of amides is 2. The Bertz CT molecular complexity index is 1440. The Morgan fingerprint density at radius 2 is 1.91 bits per heavy atom. The maximum Gasteiger partial charge on any atom is 0.407 e. The number of anilines is 1. The van der Waals surface area contributed by atoms with Crippen LogP contribution in [0.25, 0.3) is 11.1 Å². The lowest BCUT2D eigenvalue weighted by atomic mass is 10.00. The number of ether oxygens (including phenoxy) is 1. The van der Waals surface area contributed by atoms with Crippen LogP contribution in [0.2, 0.25) is 0 Å². The van der Waals surface area contributed by atoms with Crippen molar-refractivity contribution in [3.63, 3.8) is 0 Å². The normalized spacial score (nSPS) is 12.8. The van der Waals surface area contributed by atoms with Crippen molar-refractivity contribution in [2.24, 2.45) is 5.92 Å². The van der Waals surface area contributed by atoms with Crippen molar-refractivity contribution in [3.05, 3.63) is 76.2 Å². The molecule has 12 heteroatoms. The predicted octanol–water partition coefficient (Wildman–Crippen LogP) is 4.25. The van der Waals surface area contributed by atoms with Crippen LogP contribution in [-0.4, -0.2) is 89.3 Å². The fraction of sp³-hybridized carbons (Fsp3) is 0.419. The highest BCUT2D eigenvalue weighted by atomic mass is 32.1. The maximum absolute atomic E-state index is 13.8. The molecule has 0 bridgehead atoms. The Morgan fingerprint density at radius 1 is 1.12 bits per heavy atom. The van der Waals surface area contributed by atoms with Gasteiger partial charge in [0.05, 0.1) is 22.5 Å². The van der Waals surface area contributed by atoms with Gasteiger partial charge in [0.15, 0.2) is 5.58 Å². The van der Waals surface area contributed by atoms with Crippen molar-refractivity contribution in [2.45, 2.75) is 39.0 Å². The number of aromatic nitrogens is 2. The number of carbonyl (C=O) groups is 2. The molecular weight excluding hydrogens is 568 g/mol. The van der Waals surface area contributed by atoms with Crippen LogP contribution in [0.4, 0.5) is 10.8 Å². The second-order valence-corrected chi connectivity index (χ2v) is 12.1. The van der Waals surface area contributed by atoms with Gasteiger partial charge in [-0.3, -0.25) is 9.78 Å². The Kier molecular flexibility index (Phi) is 11.5. The first kappa shape index (κ1) is 31.9. The van der Waals surface area contributed by atoms with Gasteiger partial charge in [0.2, 0.25) is 0 Å². The minimum absolute atomic E-state index is 0.00935. The molecule has 2 aromatic heterocycles. The zero-order valence-electron chi connectivity index (χ0n) is 25.0. The Morgan fingerprint density at radius 3 is 2.60 bits per heavy atom. The summed E-state index contributed by atoms with van der Waals surface area (Å²) in [7, 11) is 3.98. The molecular formula is C31H40N6O5S. The van der Waals surface area contributed by atoms with E-state index in [1.54, 1.807) is 34.8 Å². The summed E-state index contributed by atoms with van der Waals surface area (Å²) in [6.45, 7) is 6.01. The SMILES string of the molecule is CC(C)CN(C[C@@H](O)[C@H](Cc1ccccc1)NC(=O)OCc1cncs1)C(=O)c1ccc2nc(NCCN(C)C)oc2c1. The molecule has 4 aromatic rings. The highest BCUT2D eigenvalue weighted by molar-refractivity contribution is 7.09. The quantitative estimate of drug-likeness (QED) is 0.181. The van der Waals surface area contributed by atoms with Crippen LogP contribution in [0.5, 0.6) is 0 Å². The van der Waals surface area contributed by atoms with Gasteiger partial charge in [0.1, 0.15) is 12.1 Å². The molecule has 0 radical (unpaired) electrons. The number of hydrogen-bond acceptors (Lipinski definition) is 10. The summed E-state index contributed by atoms with van der Waals surface area (Å²) in [5.41, 5.74) is 4.16. The summed E-state index contributed by atoms with van der Waals surface area (Å²) in [5, 5.41) is 17.4. The lowest BCUT2D eigenvalue weighted by molar-refractivity contribution is 0.0494. The topological polar surface area (TPSA) is 133 Å². The standard InChI is InChI=1S/C31H40N6O5S/c1-21(2)17-37(29(39)23-10-11-25-28(15-23)42-30(34-25)33-12-13-36(3)4)18-27(38)26(14-22-8-6-5-7-9-22)35-31(40)41-19-24-16-32-20-43-24/h5-11,15-16,20-21,26-27,38H,12-14,17-19H2,1-4H3,(H,33,34)(H,35,40)/t26-,27+/m0/s1. The number of nitrogens with one attached hydrogen (secondary N) is 2. The number of oxazole rings is 1. The Hall–Kier alpha value is -4.00. The number of aliphatic hydroxyl groups excluding tert-OH is 1. The summed E-state index contributed by atoms with van der Waals surface area (Å²) in [4.78, 5) is 39.4. The van der Waals surface area contributed by atoms with Gasteiger partial charge in [0.25, 0.3) is 11.9 Å². The molecule has 0 aliphatic carbocycles. The van der Waals surface area contributed by atoms with Gasteiger partial charge in [-0.15, -0.1) is 11.3 Å². The van der Waals surface area contributed by atoms with Gasteiger partial charge in [-0.1, -0.05) is 44.2 Å². The minimum Gasteiger partial charge on any atom is -0.444 e. The van der Waals surface area contributed by atoms with E-state index in [1.807, 2.05) is 58.3 Å². The first-order chi connectivity index (χ1) is 20.7. The van der Waals surface area contributed by atoms with Crippen molar-refractivity contribution in [3.8, 4) is 0 Å². The van der Waals surface area contributed by atoms with Crippen molar-refractivity contribution in [1.82, 2.24) is 25.1 Å². The average Bonchev–Trinajstić information content (AvgIpc) is 3.64. The third-order valence-electron chi connectivity index (χ3n) is 6.65. The molecule has 11 nitrogen and oxygen atoms in total. The third kappa shape index (κ3) is 9.77. The number of nitrogens with zero attached hydrogens (tertiary/aromatic N) is 4. The number of fused-ring (bicyclic) bond motifs is 1. The lowest BCUT2D eigenvalue weighted by Gasteiger charge is -2.31. The van der Waals surface area contributed by atoms with Crippen LogP contribution in [0.15, 0.2) is 64.7 Å². The molecule has 0 saturated heterocycles. The second-order valence-electron chi connectivity index (χ2n) is 11.1. The van der Waals surface area contributed by atoms with Gasteiger partial charge in [0, 0.05) is 37.9 Å². The minimum atomic E-state index is -1.07. The smallest absolute Gasteiger partial charge is 0.407 e. The fourth-order valence-corrected chi connectivity index (χ4v) is 5.04. The van der Waals surface area contributed by atoms with E-state index in [0.717, 1.165) is 17.0 Å². The number of benzene rings is 2. The summed E-state index contributed by atoms with van der Waals surface area (Å²) in [5.74, 6) is -0.109. The van der Waals surface area contributed by atoms with Gasteiger partial charge >= 0.3 is 6.09 Å². The van der Waals surface area contributed by atoms with E-state index in [-0.39, 0.29) is 25.0 Å². The molecule has 0 aliphatic heterocycles. The molecule has 0 spiro atoms. The third-order valence-corrected chi connectivity index (χ3v) is 7.40. The van der Waals surface area contributed by atoms with Gasteiger partial charge in [-0.25, -0.2) is 4.79 Å². The first-order valence-corrected chi connectivity index (χ1v) is 15.2. The molecule has 0 saturated carbocycles. The van der Waals surface area contributed by atoms with Crippen molar-refractivity contribution in [1.29, 1.82) is 0 Å². The first-order valence-electron chi connectivity index (χ1n) is 14.3. The predicted molar refractivity (Wildman–Crippen MR) is 167 cm³/mol. The van der Waals surface area contributed by atoms with E-state index in [4.69, 9.17) is 9.15 Å². The number of carbonyl (C=O) groups excluding carboxylic acids is 2. The number of rotatable bonds is 15. The number of hydrogen-bond donors (Lipinski definition) is 3. The molecule has 2 atom stereocenters. The Labute approximate surface area is 255 Å². The molecule has 4 rings (SSSR count). The van der Waals surface area contributed by atoms with E-state index in [2.05, 4.69) is 25.5 Å². The summed E-state index contributed by atoms with van der Waals surface area (Å²) >= 11 is 1.39. The summed E-state index contributed by atoms with van der Waals surface area (Å²) in [6.07, 6.45) is 0.276. The van der Waals surface area contributed by atoms with Crippen molar-refractivity contribution in [2.75, 3.05) is 45.6 Å². The van der Waals surface area contributed by atoms with Gasteiger partial charge in [-0.2, -0.15) is 4.98 Å². The van der Waals surface area contributed by atoms with Crippen LogP contribution < -0.4 is 10.6 Å². The molecule has 2 amide bonds. The van der Waals surface area contributed by atoms with Gasteiger partial charge in [-0.05, 0) is 50.2 Å². The van der Waals surface area contributed by atoms with E-state index >= 15 is 0 Å². The molecule has 43 heavy (non-hydrogen) atoms. The number of alkyl carbamates (subject to hydrolysis) is 1. The van der Waals surface area contributed by atoms with E-state index in [9.17, 15) is 14.7 Å². The zero-order chi connectivity index (χ0) is 30.8. The molecule has 2 aromatic carbocycles. The molecule has 0 fully saturated rings. The maximum atomic E-state index is 13.8. The van der Waals surface area contributed by atoms with Crippen LogP contribution in [0.3, 0.4) is 0 Å². The van der Waals surface area contributed by atoms with Crippen molar-refractivity contribution >= 4 is 40.5 Å². The van der Waals surface area contributed by atoms with Crippen LogP contribution in [-0.2, 0) is 17.8 Å². The van der Waals surface area contributed by atoms with E-state index in [0.29, 0.717) is 42.2 Å². The summed E-state index contributed by atoms with van der Waals surface area (Å²) < 4.78 is 11.2. The average molecular weight is 609 g/mol. The largest absolute Gasteiger partial charge is 0.444 e. The molecule has 3 N–H and O–H groups in total. The van der Waals surface area contributed by atoms with Crippen molar-refractivity contribution < 1.29 is 23.8 Å². The van der Waals surface area contributed by atoms with Crippen LogP contribution in [0.1, 0.15) is 34.6 Å².